The number of esters is 1. The van der Waals surface area contributed by atoms with Gasteiger partial charge >= 0.3 is 5.97 Å². The first kappa shape index (κ1) is 18.8. The smallest absolute Gasteiger partial charge is 0.339 e. The van der Waals surface area contributed by atoms with Gasteiger partial charge in [-0.3, -0.25) is 0 Å². The topological polar surface area (TPSA) is 80.7 Å². The molecular formula is C24H31N3O3. The van der Waals surface area contributed by atoms with E-state index in [1.54, 1.807) is 6.20 Å². The van der Waals surface area contributed by atoms with Crippen LogP contribution in [0.3, 0.4) is 0 Å². The van der Waals surface area contributed by atoms with Crippen LogP contribution in [0.25, 0.3) is 0 Å². The van der Waals surface area contributed by atoms with Crippen molar-refractivity contribution in [3.8, 4) is 0 Å². The van der Waals surface area contributed by atoms with Crippen molar-refractivity contribution in [2.24, 2.45) is 17.0 Å². The van der Waals surface area contributed by atoms with E-state index in [4.69, 9.17) is 9.72 Å². The first-order valence-electron chi connectivity index (χ1n) is 11.9. The largest absolute Gasteiger partial charge is 0.462 e. The Hall–Kier alpha value is -1.98. The molecule has 5 fully saturated rings. The average molecular weight is 410 g/mol. The number of fused-ring (bicyclic) bond motifs is 2. The number of nitrogens with one attached hydrogen (secondary N) is 1. The predicted octanol–water partition coefficient (Wildman–Crippen LogP) is 5.28. The Bertz CT molecular complexity index is 891. The summed E-state index contributed by atoms with van der Waals surface area (Å²) in [6.45, 7) is 2.23. The molecule has 0 amide bonds. The highest BCUT2D eigenvalue weighted by Gasteiger charge is 2.59. The molecule has 2 atom stereocenters. The summed E-state index contributed by atoms with van der Waals surface area (Å²) in [4.78, 5) is 29.3. The highest BCUT2D eigenvalue weighted by atomic mass is 16.5. The quantitative estimate of drug-likeness (QED) is 0.528. The van der Waals surface area contributed by atoms with Gasteiger partial charge in [-0.1, -0.05) is 5.18 Å². The summed E-state index contributed by atoms with van der Waals surface area (Å²) < 4.78 is 5.36. The van der Waals surface area contributed by atoms with E-state index in [1.165, 1.54) is 30.4 Å². The Kier molecular flexibility index (Phi) is 4.07. The Labute approximate surface area is 177 Å². The minimum absolute atomic E-state index is 0.0686. The van der Waals surface area contributed by atoms with Crippen molar-refractivity contribution in [1.82, 2.24) is 4.98 Å². The van der Waals surface area contributed by atoms with Gasteiger partial charge in [-0.25, -0.2) is 9.78 Å². The van der Waals surface area contributed by atoms with E-state index in [2.05, 4.69) is 10.5 Å². The van der Waals surface area contributed by atoms with Gasteiger partial charge in [0.05, 0.1) is 12.2 Å². The fourth-order valence-electron chi connectivity index (χ4n) is 8.25. The van der Waals surface area contributed by atoms with Crippen LogP contribution in [0.5, 0.6) is 0 Å². The van der Waals surface area contributed by atoms with Gasteiger partial charge in [-0.05, 0) is 100 Å². The molecule has 1 aromatic rings. The molecule has 1 aromatic heterocycles. The summed E-state index contributed by atoms with van der Waals surface area (Å²) in [5.41, 5.74) is 2.69. The third-order valence-electron chi connectivity index (χ3n) is 8.80. The lowest BCUT2D eigenvalue weighted by atomic mass is 9.50. The number of pyridine rings is 1. The number of ether oxygens (including phenoxy) is 1. The second kappa shape index (κ2) is 6.51. The zero-order valence-electron chi connectivity index (χ0n) is 17.8. The molecule has 6 bridgehead atoms. The van der Waals surface area contributed by atoms with E-state index in [0.29, 0.717) is 35.8 Å². The Morgan fingerprint density at radius 2 is 1.80 bits per heavy atom. The van der Waals surface area contributed by atoms with Gasteiger partial charge in [0.15, 0.2) is 0 Å². The van der Waals surface area contributed by atoms with Gasteiger partial charge in [-0.2, -0.15) is 4.91 Å². The summed E-state index contributed by atoms with van der Waals surface area (Å²) in [5.74, 6) is 2.84. The van der Waals surface area contributed by atoms with Crippen LogP contribution in [0.4, 0.5) is 5.82 Å². The Morgan fingerprint density at radius 3 is 2.43 bits per heavy atom. The second-order valence-electron chi connectivity index (χ2n) is 10.8. The van der Waals surface area contributed by atoms with Gasteiger partial charge in [0, 0.05) is 17.3 Å². The number of nitroso groups, excluding NO2 is 1. The van der Waals surface area contributed by atoms with Crippen LogP contribution in [0.1, 0.15) is 104 Å². The van der Waals surface area contributed by atoms with Gasteiger partial charge < -0.3 is 10.1 Å². The zero-order valence-corrected chi connectivity index (χ0v) is 17.8. The third-order valence-corrected chi connectivity index (χ3v) is 8.80. The highest BCUT2D eigenvalue weighted by Crippen LogP contribution is 2.60. The van der Waals surface area contributed by atoms with Crippen molar-refractivity contribution < 1.29 is 9.53 Å². The van der Waals surface area contributed by atoms with Crippen molar-refractivity contribution >= 4 is 11.8 Å². The molecule has 0 aromatic carbocycles. The molecule has 6 heteroatoms. The van der Waals surface area contributed by atoms with Gasteiger partial charge in [-0.15, -0.1) is 0 Å². The van der Waals surface area contributed by atoms with Gasteiger partial charge in [0.1, 0.15) is 11.4 Å². The van der Waals surface area contributed by atoms with Crippen molar-refractivity contribution in [3.05, 3.63) is 27.8 Å². The van der Waals surface area contributed by atoms with E-state index in [0.717, 1.165) is 50.8 Å². The van der Waals surface area contributed by atoms with Crippen LogP contribution in [0.2, 0.25) is 0 Å². The number of carbonyl (C=O) groups is 1. The van der Waals surface area contributed by atoms with E-state index in [-0.39, 0.29) is 17.0 Å². The first-order chi connectivity index (χ1) is 14.5. The monoisotopic (exact) mass is 409 g/mol. The number of rotatable bonds is 5. The maximum atomic E-state index is 12.7. The second-order valence-corrected chi connectivity index (χ2v) is 10.8. The molecule has 2 unspecified atom stereocenters. The van der Waals surface area contributed by atoms with Gasteiger partial charge in [0.25, 0.3) is 0 Å². The summed E-state index contributed by atoms with van der Waals surface area (Å²) in [7, 11) is 0. The first-order valence-corrected chi connectivity index (χ1v) is 11.9. The van der Waals surface area contributed by atoms with Crippen molar-refractivity contribution in [2.45, 2.75) is 94.0 Å². The zero-order chi connectivity index (χ0) is 20.5. The van der Waals surface area contributed by atoms with Crippen LogP contribution in [-0.4, -0.2) is 28.6 Å². The number of nitrogens with zero attached hydrogens (tertiary/aromatic N) is 2. The third kappa shape index (κ3) is 2.68. The van der Waals surface area contributed by atoms with E-state index >= 15 is 0 Å². The lowest BCUT2D eigenvalue weighted by Crippen LogP contribution is -2.61. The molecular weight excluding hydrogens is 378 g/mol. The standard InChI is InChI=1S/C24H31N3O3/c1-2-30-22(28)18-12-25-21(20-17-5-3-16(4-6-17)19(18)20)26-23-8-14-7-15(9-23)11-24(10-14,13-23)27-29/h12,14-17H,2-11,13H2,1H3,(H,25,26). The fraction of sp³-hybridized carbons (Fsp3) is 0.750. The highest BCUT2D eigenvalue weighted by molar-refractivity contribution is 5.92. The fourth-order valence-corrected chi connectivity index (χ4v) is 8.25. The lowest BCUT2D eigenvalue weighted by Gasteiger charge is -2.59. The summed E-state index contributed by atoms with van der Waals surface area (Å²) in [6.07, 6.45) is 12.7. The summed E-state index contributed by atoms with van der Waals surface area (Å²) >= 11 is 0. The minimum Gasteiger partial charge on any atom is -0.462 e. The SMILES string of the molecule is CCOC(=O)c1cnc(NC23CC4CC(CC(N=O)(C4)C2)C3)c2c1C1CCC2CC1. The van der Waals surface area contributed by atoms with Crippen molar-refractivity contribution in [3.63, 3.8) is 0 Å². The molecule has 0 radical (unpaired) electrons. The molecule has 8 rings (SSSR count). The molecule has 5 saturated carbocycles. The maximum absolute atomic E-state index is 12.7. The predicted molar refractivity (Wildman–Crippen MR) is 114 cm³/mol. The maximum Gasteiger partial charge on any atom is 0.339 e. The van der Waals surface area contributed by atoms with Crippen LogP contribution < -0.4 is 5.32 Å². The normalized spacial score (nSPS) is 40.2. The number of hydrogen-bond donors (Lipinski definition) is 1. The molecule has 7 aliphatic carbocycles. The summed E-state index contributed by atoms with van der Waals surface area (Å²) in [6, 6.07) is 0. The van der Waals surface area contributed by atoms with Crippen LogP contribution in [-0.2, 0) is 4.74 Å². The molecule has 0 aliphatic heterocycles. The van der Waals surface area contributed by atoms with E-state index < -0.39 is 0 Å². The van der Waals surface area contributed by atoms with E-state index in [9.17, 15) is 9.70 Å². The van der Waals surface area contributed by atoms with Crippen molar-refractivity contribution in [1.29, 1.82) is 0 Å². The number of anilines is 1. The number of hydrogen-bond acceptors (Lipinski definition) is 6. The Balaban J connectivity index is 1.41. The van der Waals surface area contributed by atoms with Gasteiger partial charge in [0.2, 0.25) is 0 Å². The molecule has 30 heavy (non-hydrogen) atoms. The van der Waals surface area contributed by atoms with Crippen LogP contribution in [0, 0.1) is 16.7 Å². The van der Waals surface area contributed by atoms with Crippen LogP contribution >= 0.6 is 0 Å². The van der Waals surface area contributed by atoms with Crippen LogP contribution in [0.15, 0.2) is 11.4 Å². The number of carbonyl (C=O) groups excluding carboxylic acids is 1. The van der Waals surface area contributed by atoms with Crippen molar-refractivity contribution in [2.75, 3.05) is 11.9 Å². The molecule has 7 aliphatic rings. The molecule has 6 nitrogen and oxygen atoms in total. The molecule has 1 N–H and O–H groups in total. The number of aromatic nitrogens is 1. The molecule has 1 heterocycles. The minimum atomic E-state index is -0.374. The molecule has 0 spiro atoms. The lowest BCUT2D eigenvalue weighted by molar-refractivity contribution is -0.00754. The molecule has 160 valence electrons. The molecule has 0 saturated heterocycles. The van der Waals surface area contributed by atoms with E-state index in [1.807, 2.05) is 6.92 Å². The average Bonchev–Trinajstić information content (AvgIpc) is 2.73. The Morgan fingerprint density at radius 1 is 1.13 bits per heavy atom. The summed E-state index contributed by atoms with van der Waals surface area (Å²) in [5, 5.41) is 7.57.